The van der Waals surface area contributed by atoms with Gasteiger partial charge in [0.05, 0.1) is 17.4 Å². The van der Waals surface area contributed by atoms with Crippen molar-refractivity contribution in [2.45, 2.75) is 19.8 Å². The van der Waals surface area contributed by atoms with E-state index in [-0.39, 0.29) is 5.82 Å². The molecule has 0 aliphatic carbocycles. The highest BCUT2D eigenvalue weighted by molar-refractivity contribution is 5.86. The number of hydrogen-bond donors (Lipinski definition) is 1. The van der Waals surface area contributed by atoms with Crippen molar-refractivity contribution in [1.29, 1.82) is 0 Å². The summed E-state index contributed by atoms with van der Waals surface area (Å²) in [7, 11) is 0. The molecular formula is C12H13FN2. The van der Waals surface area contributed by atoms with Crippen molar-refractivity contribution in [2.24, 2.45) is 0 Å². The van der Waals surface area contributed by atoms with Gasteiger partial charge in [-0.1, -0.05) is 13.8 Å². The van der Waals surface area contributed by atoms with Crippen molar-refractivity contribution >= 4 is 16.6 Å². The standard InChI is InChI=1S/C12H13FN2/c1-7(2)12-9-4-3-8(13)5-11(9)15-6-10(12)14/h3-7H,14H2,1-2H3. The molecule has 3 heteroatoms. The fourth-order valence-electron chi connectivity index (χ4n) is 1.85. The first kappa shape index (κ1) is 9.90. The zero-order valence-electron chi connectivity index (χ0n) is 8.79. The van der Waals surface area contributed by atoms with E-state index in [1.165, 1.54) is 12.1 Å². The molecule has 0 atom stereocenters. The van der Waals surface area contributed by atoms with Crippen molar-refractivity contribution in [3.05, 3.63) is 35.8 Å². The molecule has 2 rings (SSSR count). The SMILES string of the molecule is CC(C)c1c(N)cnc2cc(F)ccc12. The van der Waals surface area contributed by atoms with Crippen molar-refractivity contribution in [3.8, 4) is 0 Å². The quantitative estimate of drug-likeness (QED) is 0.775. The van der Waals surface area contributed by atoms with Gasteiger partial charge in [0.1, 0.15) is 5.82 Å². The first-order chi connectivity index (χ1) is 7.09. The van der Waals surface area contributed by atoms with Crippen LogP contribution in [-0.2, 0) is 0 Å². The first-order valence-corrected chi connectivity index (χ1v) is 4.93. The minimum Gasteiger partial charge on any atom is -0.397 e. The number of rotatable bonds is 1. The lowest BCUT2D eigenvalue weighted by Gasteiger charge is -2.12. The molecule has 0 bridgehead atoms. The average Bonchev–Trinajstić information content (AvgIpc) is 2.17. The summed E-state index contributed by atoms with van der Waals surface area (Å²) in [5.74, 6) is 0.0374. The van der Waals surface area contributed by atoms with Crippen LogP contribution in [0.4, 0.5) is 10.1 Å². The monoisotopic (exact) mass is 204 g/mol. The summed E-state index contributed by atoms with van der Waals surface area (Å²) >= 11 is 0. The molecular weight excluding hydrogens is 191 g/mol. The molecule has 2 nitrogen and oxygen atoms in total. The van der Waals surface area contributed by atoms with Gasteiger partial charge >= 0.3 is 0 Å². The van der Waals surface area contributed by atoms with Crippen LogP contribution in [0.5, 0.6) is 0 Å². The highest BCUT2D eigenvalue weighted by Gasteiger charge is 2.10. The Morgan fingerprint density at radius 1 is 1.33 bits per heavy atom. The third-order valence-corrected chi connectivity index (χ3v) is 2.48. The van der Waals surface area contributed by atoms with Crippen molar-refractivity contribution in [3.63, 3.8) is 0 Å². The molecule has 0 radical (unpaired) electrons. The van der Waals surface area contributed by atoms with Gasteiger partial charge in [-0.05, 0) is 23.6 Å². The molecule has 0 saturated carbocycles. The Labute approximate surface area is 87.9 Å². The van der Waals surface area contributed by atoms with Crippen LogP contribution < -0.4 is 5.73 Å². The molecule has 2 aromatic rings. The Kier molecular flexibility index (Phi) is 2.31. The number of fused-ring (bicyclic) bond motifs is 1. The Bertz CT molecular complexity index is 506. The fraction of sp³-hybridized carbons (Fsp3) is 0.250. The summed E-state index contributed by atoms with van der Waals surface area (Å²) in [6.07, 6.45) is 1.59. The molecule has 1 aromatic carbocycles. The molecule has 0 saturated heterocycles. The van der Waals surface area contributed by atoms with E-state index in [2.05, 4.69) is 18.8 Å². The number of nitrogens with two attached hydrogens (primary N) is 1. The minimum absolute atomic E-state index is 0.269. The summed E-state index contributed by atoms with van der Waals surface area (Å²) < 4.78 is 13.0. The van der Waals surface area contributed by atoms with E-state index in [1.54, 1.807) is 12.3 Å². The van der Waals surface area contributed by atoms with Crippen LogP contribution in [0.2, 0.25) is 0 Å². The second-order valence-corrected chi connectivity index (χ2v) is 3.94. The molecule has 15 heavy (non-hydrogen) atoms. The van der Waals surface area contributed by atoms with Crippen molar-refractivity contribution < 1.29 is 4.39 Å². The molecule has 0 amide bonds. The number of benzene rings is 1. The van der Waals surface area contributed by atoms with Gasteiger partial charge in [0.2, 0.25) is 0 Å². The van der Waals surface area contributed by atoms with Crippen LogP contribution in [0, 0.1) is 5.82 Å². The second kappa shape index (κ2) is 3.50. The van der Waals surface area contributed by atoms with Crippen LogP contribution in [0.25, 0.3) is 10.9 Å². The van der Waals surface area contributed by atoms with Gasteiger partial charge in [-0.25, -0.2) is 4.39 Å². The molecule has 1 aromatic heterocycles. The van der Waals surface area contributed by atoms with Gasteiger partial charge < -0.3 is 5.73 Å². The summed E-state index contributed by atoms with van der Waals surface area (Å²) in [5, 5.41) is 0.936. The molecule has 0 aliphatic rings. The molecule has 0 aliphatic heterocycles. The fourth-order valence-corrected chi connectivity index (χ4v) is 1.85. The topological polar surface area (TPSA) is 38.9 Å². The number of anilines is 1. The summed E-state index contributed by atoms with van der Waals surface area (Å²) in [5.41, 5.74) is 8.24. The van der Waals surface area contributed by atoms with Crippen LogP contribution in [0.15, 0.2) is 24.4 Å². The van der Waals surface area contributed by atoms with Crippen molar-refractivity contribution in [2.75, 3.05) is 5.73 Å². The number of aromatic nitrogens is 1. The third-order valence-electron chi connectivity index (χ3n) is 2.48. The van der Waals surface area contributed by atoms with Gasteiger partial charge in [0, 0.05) is 11.5 Å². The molecule has 78 valence electrons. The summed E-state index contributed by atoms with van der Waals surface area (Å²) in [6, 6.07) is 4.61. The Hall–Kier alpha value is -1.64. The lowest BCUT2D eigenvalue weighted by molar-refractivity contribution is 0.629. The Balaban J connectivity index is 2.82. The van der Waals surface area contributed by atoms with E-state index in [4.69, 9.17) is 5.73 Å². The van der Waals surface area contributed by atoms with Gasteiger partial charge in [0.25, 0.3) is 0 Å². The van der Waals surface area contributed by atoms with Gasteiger partial charge in [-0.2, -0.15) is 0 Å². The molecule has 2 N–H and O–H groups in total. The highest BCUT2D eigenvalue weighted by atomic mass is 19.1. The molecule has 0 fully saturated rings. The predicted molar refractivity (Wildman–Crippen MR) is 60.2 cm³/mol. The normalized spacial score (nSPS) is 11.2. The van der Waals surface area contributed by atoms with Crippen LogP contribution >= 0.6 is 0 Å². The molecule has 0 unspecified atom stereocenters. The minimum atomic E-state index is -0.269. The van der Waals surface area contributed by atoms with Crippen molar-refractivity contribution in [1.82, 2.24) is 4.98 Å². The maximum Gasteiger partial charge on any atom is 0.125 e. The summed E-state index contributed by atoms with van der Waals surface area (Å²) in [4.78, 5) is 4.12. The lowest BCUT2D eigenvalue weighted by Crippen LogP contribution is -1.99. The number of hydrogen-bond acceptors (Lipinski definition) is 2. The van der Waals surface area contributed by atoms with Crippen LogP contribution in [0.3, 0.4) is 0 Å². The van der Waals surface area contributed by atoms with Crippen LogP contribution in [-0.4, -0.2) is 4.98 Å². The number of nitrogen functional groups attached to an aromatic ring is 1. The first-order valence-electron chi connectivity index (χ1n) is 4.93. The van der Waals surface area contributed by atoms with Crippen LogP contribution in [0.1, 0.15) is 25.3 Å². The van der Waals surface area contributed by atoms with Gasteiger partial charge in [0.15, 0.2) is 0 Å². The number of halogens is 1. The average molecular weight is 204 g/mol. The third kappa shape index (κ3) is 1.65. The lowest BCUT2D eigenvalue weighted by atomic mass is 9.97. The van der Waals surface area contributed by atoms with Gasteiger partial charge in [-0.15, -0.1) is 0 Å². The Morgan fingerprint density at radius 2 is 2.07 bits per heavy atom. The summed E-state index contributed by atoms with van der Waals surface area (Å²) in [6.45, 7) is 4.13. The maximum atomic E-state index is 13.0. The Morgan fingerprint density at radius 3 is 2.73 bits per heavy atom. The zero-order chi connectivity index (χ0) is 11.0. The van der Waals surface area contributed by atoms with E-state index in [0.29, 0.717) is 17.1 Å². The predicted octanol–water partition coefficient (Wildman–Crippen LogP) is 3.08. The second-order valence-electron chi connectivity index (χ2n) is 3.94. The maximum absolute atomic E-state index is 13.0. The smallest absolute Gasteiger partial charge is 0.125 e. The van der Waals surface area contributed by atoms with E-state index >= 15 is 0 Å². The zero-order valence-corrected chi connectivity index (χ0v) is 8.79. The highest BCUT2D eigenvalue weighted by Crippen LogP contribution is 2.29. The number of nitrogens with zero attached hydrogens (tertiary/aromatic N) is 1. The van der Waals surface area contributed by atoms with E-state index in [0.717, 1.165) is 10.9 Å². The van der Waals surface area contributed by atoms with E-state index in [9.17, 15) is 4.39 Å². The van der Waals surface area contributed by atoms with E-state index < -0.39 is 0 Å². The molecule has 0 spiro atoms. The number of pyridine rings is 1. The van der Waals surface area contributed by atoms with Gasteiger partial charge in [-0.3, -0.25) is 4.98 Å². The van der Waals surface area contributed by atoms with E-state index in [1.807, 2.05) is 0 Å². The largest absolute Gasteiger partial charge is 0.397 e. The molecule has 1 heterocycles.